The van der Waals surface area contributed by atoms with Crippen LogP contribution < -0.4 is 0 Å². The third-order valence-corrected chi connectivity index (χ3v) is 3.17. The molecular weight excluding hydrogens is 251 g/mol. The van der Waals surface area contributed by atoms with Gasteiger partial charge in [0.05, 0.1) is 7.11 Å². The minimum atomic E-state index is -0.711. The van der Waals surface area contributed by atoms with Crippen LogP contribution in [0.5, 0.6) is 0 Å². The fourth-order valence-electron chi connectivity index (χ4n) is 2.23. The number of likely N-dealkylation sites (tertiary alicyclic amines) is 1. The van der Waals surface area contributed by atoms with Crippen LogP contribution in [0, 0.1) is 5.95 Å². The van der Waals surface area contributed by atoms with Crippen LogP contribution in [0.2, 0.25) is 0 Å². The Hall–Kier alpha value is -1.98. The molecule has 1 aromatic heterocycles. The quantitative estimate of drug-likeness (QED) is 0.599. The molecular formula is C13H15FN2O3. The third-order valence-electron chi connectivity index (χ3n) is 3.17. The van der Waals surface area contributed by atoms with Crippen LogP contribution in [0.1, 0.15) is 29.8 Å². The van der Waals surface area contributed by atoms with Gasteiger partial charge in [-0.25, -0.2) is 9.78 Å². The minimum absolute atomic E-state index is 0.0100. The van der Waals surface area contributed by atoms with E-state index in [9.17, 15) is 14.0 Å². The number of aromatic nitrogens is 1. The number of hydrogen-bond acceptors (Lipinski definition) is 4. The lowest BCUT2D eigenvalue weighted by Gasteiger charge is -2.33. The van der Waals surface area contributed by atoms with Gasteiger partial charge in [-0.3, -0.25) is 4.79 Å². The number of pyridine rings is 1. The second-order valence-corrected chi connectivity index (χ2v) is 4.38. The van der Waals surface area contributed by atoms with Crippen LogP contribution in [-0.4, -0.2) is 41.5 Å². The Labute approximate surface area is 110 Å². The highest BCUT2D eigenvalue weighted by Crippen LogP contribution is 2.20. The van der Waals surface area contributed by atoms with E-state index in [1.54, 1.807) is 0 Å². The molecule has 0 radical (unpaired) electrons. The Bertz CT molecular complexity index is 493. The standard InChI is InChI=1S/C13H15FN2O3/c1-19-13(18)10-6-2-3-8-16(10)12(17)9-5-4-7-11(14)15-9/h4-5,7,10H,2-3,6,8H2,1H3. The number of carbonyl (C=O) groups excluding carboxylic acids is 2. The van der Waals surface area contributed by atoms with Gasteiger partial charge in [-0.15, -0.1) is 0 Å². The summed E-state index contributed by atoms with van der Waals surface area (Å²) in [6, 6.07) is 3.43. The van der Waals surface area contributed by atoms with Gasteiger partial charge < -0.3 is 9.64 Å². The van der Waals surface area contributed by atoms with E-state index in [0.29, 0.717) is 13.0 Å². The summed E-state index contributed by atoms with van der Waals surface area (Å²) in [5.41, 5.74) is 0.0100. The monoisotopic (exact) mass is 266 g/mol. The molecule has 0 bridgehead atoms. The van der Waals surface area contributed by atoms with Crippen LogP contribution in [0.25, 0.3) is 0 Å². The van der Waals surface area contributed by atoms with Gasteiger partial charge in [0, 0.05) is 6.54 Å². The molecule has 102 valence electrons. The highest BCUT2D eigenvalue weighted by molar-refractivity contribution is 5.95. The van der Waals surface area contributed by atoms with Crippen LogP contribution in [-0.2, 0) is 9.53 Å². The van der Waals surface area contributed by atoms with E-state index in [1.807, 2.05) is 0 Å². The van der Waals surface area contributed by atoms with Crippen molar-refractivity contribution in [1.82, 2.24) is 9.88 Å². The molecule has 6 heteroatoms. The Morgan fingerprint density at radius 2 is 2.21 bits per heavy atom. The first-order valence-corrected chi connectivity index (χ1v) is 6.15. The largest absolute Gasteiger partial charge is 0.467 e. The molecule has 1 unspecified atom stereocenters. The number of esters is 1. The Balaban J connectivity index is 2.22. The van der Waals surface area contributed by atoms with Crippen LogP contribution >= 0.6 is 0 Å². The number of piperidine rings is 1. The lowest BCUT2D eigenvalue weighted by atomic mass is 10.0. The number of nitrogens with zero attached hydrogens (tertiary/aromatic N) is 2. The maximum Gasteiger partial charge on any atom is 0.328 e. The highest BCUT2D eigenvalue weighted by Gasteiger charge is 2.33. The molecule has 0 saturated carbocycles. The van der Waals surface area contributed by atoms with Crippen LogP contribution in [0.15, 0.2) is 18.2 Å². The van der Waals surface area contributed by atoms with E-state index in [-0.39, 0.29) is 5.69 Å². The Kier molecular flexibility index (Phi) is 4.09. The molecule has 0 N–H and O–H groups in total. The van der Waals surface area contributed by atoms with Gasteiger partial charge in [0.25, 0.3) is 5.91 Å². The fourth-order valence-corrected chi connectivity index (χ4v) is 2.23. The van der Waals surface area contributed by atoms with Crippen molar-refractivity contribution in [3.05, 3.63) is 29.8 Å². The second-order valence-electron chi connectivity index (χ2n) is 4.38. The Morgan fingerprint density at radius 1 is 1.42 bits per heavy atom. The van der Waals surface area contributed by atoms with Gasteiger partial charge >= 0.3 is 5.97 Å². The lowest BCUT2D eigenvalue weighted by molar-refractivity contribution is -0.147. The first-order valence-electron chi connectivity index (χ1n) is 6.15. The minimum Gasteiger partial charge on any atom is -0.467 e. The van der Waals surface area contributed by atoms with Crippen molar-refractivity contribution in [3.8, 4) is 0 Å². The van der Waals surface area contributed by atoms with Crippen molar-refractivity contribution in [2.45, 2.75) is 25.3 Å². The molecule has 1 amide bonds. The summed E-state index contributed by atoms with van der Waals surface area (Å²) in [5, 5.41) is 0. The molecule has 0 aromatic carbocycles. The van der Waals surface area contributed by atoms with E-state index < -0.39 is 23.9 Å². The highest BCUT2D eigenvalue weighted by atomic mass is 19.1. The predicted octanol–water partition coefficient (Wildman–Crippen LogP) is 1.39. The topological polar surface area (TPSA) is 59.5 Å². The lowest BCUT2D eigenvalue weighted by Crippen LogP contribution is -2.48. The summed E-state index contributed by atoms with van der Waals surface area (Å²) in [5.74, 6) is -1.59. The number of hydrogen-bond donors (Lipinski definition) is 0. The van der Waals surface area contributed by atoms with Crippen molar-refractivity contribution < 1.29 is 18.7 Å². The zero-order valence-corrected chi connectivity index (χ0v) is 10.6. The molecule has 1 aromatic rings. The van der Waals surface area contributed by atoms with Gasteiger partial charge in [0.2, 0.25) is 5.95 Å². The summed E-state index contributed by atoms with van der Waals surface area (Å²) >= 11 is 0. The molecule has 1 atom stereocenters. The van der Waals surface area contributed by atoms with E-state index >= 15 is 0 Å². The molecule has 1 fully saturated rings. The van der Waals surface area contributed by atoms with Gasteiger partial charge in [-0.2, -0.15) is 4.39 Å². The second kappa shape index (κ2) is 5.77. The number of ether oxygens (including phenoxy) is 1. The number of carbonyl (C=O) groups is 2. The summed E-state index contributed by atoms with van der Waals surface area (Å²) in [6.07, 6.45) is 2.24. The van der Waals surface area contributed by atoms with Gasteiger partial charge in [0.15, 0.2) is 0 Å². The molecule has 1 aliphatic heterocycles. The van der Waals surface area contributed by atoms with E-state index in [0.717, 1.165) is 12.8 Å². The van der Waals surface area contributed by atoms with E-state index in [4.69, 9.17) is 4.74 Å². The summed E-state index contributed by atoms with van der Waals surface area (Å²) < 4.78 is 17.7. The first kappa shape index (κ1) is 13.5. The molecule has 1 saturated heterocycles. The molecule has 1 aliphatic rings. The number of rotatable bonds is 2. The zero-order chi connectivity index (χ0) is 13.8. The first-order chi connectivity index (χ1) is 9.13. The van der Waals surface area contributed by atoms with Gasteiger partial charge in [0.1, 0.15) is 11.7 Å². The van der Waals surface area contributed by atoms with Gasteiger partial charge in [-0.05, 0) is 31.4 Å². The number of halogens is 1. The molecule has 19 heavy (non-hydrogen) atoms. The van der Waals surface area contributed by atoms with Crippen molar-refractivity contribution in [2.75, 3.05) is 13.7 Å². The summed E-state index contributed by atoms with van der Waals surface area (Å²) in [7, 11) is 1.29. The summed E-state index contributed by atoms with van der Waals surface area (Å²) in [4.78, 5) is 28.9. The normalized spacial score (nSPS) is 19.1. The maximum atomic E-state index is 13.0. The van der Waals surface area contributed by atoms with Crippen molar-refractivity contribution in [2.24, 2.45) is 0 Å². The van der Waals surface area contributed by atoms with E-state index in [1.165, 1.54) is 30.2 Å². The average molecular weight is 266 g/mol. The maximum absolute atomic E-state index is 13.0. The van der Waals surface area contributed by atoms with E-state index in [2.05, 4.69) is 4.98 Å². The number of amides is 1. The van der Waals surface area contributed by atoms with Crippen molar-refractivity contribution in [1.29, 1.82) is 0 Å². The SMILES string of the molecule is COC(=O)C1CCCCN1C(=O)c1cccc(F)n1. The smallest absolute Gasteiger partial charge is 0.328 e. The van der Waals surface area contributed by atoms with Crippen LogP contribution in [0.3, 0.4) is 0 Å². The van der Waals surface area contributed by atoms with Crippen molar-refractivity contribution >= 4 is 11.9 Å². The molecule has 0 aliphatic carbocycles. The zero-order valence-electron chi connectivity index (χ0n) is 10.6. The summed E-state index contributed by atoms with van der Waals surface area (Å²) in [6.45, 7) is 0.455. The molecule has 5 nitrogen and oxygen atoms in total. The third kappa shape index (κ3) is 2.89. The molecule has 2 rings (SSSR count). The van der Waals surface area contributed by atoms with Crippen molar-refractivity contribution in [3.63, 3.8) is 0 Å². The number of methoxy groups -OCH3 is 1. The fraction of sp³-hybridized carbons (Fsp3) is 0.462. The molecule has 2 heterocycles. The Morgan fingerprint density at radius 3 is 2.89 bits per heavy atom. The average Bonchev–Trinajstić information content (AvgIpc) is 2.45. The predicted molar refractivity (Wildman–Crippen MR) is 64.9 cm³/mol. The van der Waals surface area contributed by atoms with Gasteiger partial charge in [-0.1, -0.05) is 6.07 Å². The van der Waals surface area contributed by atoms with Crippen LogP contribution in [0.4, 0.5) is 4.39 Å². The molecule has 0 spiro atoms.